The van der Waals surface area contributed by atoms with E-state index in [9.17, 15) is 4.79 Å². The van der Waals surface area contributed by atoms with Crippen molar-refractivity contribution in [1.29, 1.82) is 0 Å². The van der Waals surface area contributed by atoms with Crippen LogP contribution in [0, 0.1) is 0 Å². The van der Waals surface area contributed by atoms with Crippen LogP contribution in [-0.2, 0) is 4.79 Å². The minimum absolute atomic E-state index is 0.463. The number of carbonyl (C=O) groups is 1. The number of nitrogens with one attached hydrogen (secondary N) is 1. The SMILES string of the molecule is CCC(NBr)C(=O)O. The second-order valence-corrected chi connectivity index (χ2v) is 1.87. The standard InChI is InChI=1S/C4H8BrNO2/c1-2-3(6-5)4(7)8/h3,6H,2H2,1H3,(H,7,8). The quantitative estimate of drug-likeness (QED) is 0.633. The van der Waals surface area contributed by atoms with Gasteiger partial charge in [0.05, 0.1) is 0 Å². The van der Waals surface area contributed by atoms with Gasteiger partial charge in [0, 0.05) is 16.1 Å². The number of carboxylic acids is 1. The fraction of sp³-hybridized carbons (Fsp3) is 0.750. The number of hydrogen-bond acceptors (Lipinski definition) is 2. The molecule has 0 aromatic carbocycles. The number of aliphatic carboxylic acids is 1. The van der Waals surface area contributed by atoms with Crippen LogP contribution in [-0.4, -0.2) is 17.1 Å². The van der Waals surface area contributed by atoms with Crippen LogP contribution in [0.3, 0.4) is 0 Å². The molecule has 8 heavy (non-hydrogen) atoms. The second kappa shape index (κ2) is 3.86. The van der Waals surface area contributed by atoms with Crippen LogP contribution >= 0.6 is 16.1 Å². The summed E-state index contributed by atoms with van der Waals surface area (Å²) >= 11 is 2.85. The fourth-order valence-electron chi connectivity index (χ4n) is 0.298. The van der Waals surface area contributed by atoms with E-state index in [0.717, 1.165) is 0 Å². The normalized spacial score (nSPS) is 13.2. The summed E-state index contributed by atoms with van der Waals surface area (Å²) < 4.78 is 2.46. The van der Waals surface area contributed by atoms with Crippen LogP contribution in [0.5, 0.6) is 0 Å². The van der Waals surface area contributed by atoms with Crippen molar-refractivity contribution in [3.8, 4) is 0 Å². The Morgan fingerprint density at radius 2 is 2.50 bits per heavy atom. The topological polar surface area (TPSA) is 49.3 Å². The van der Waals surface area contributed by atoms with Crippen molar-refractivity contribution in [2.24, 2.45) is 0 Å². The molecule has 0 aromatic heterocycles. The third-order valence-corrected chi connectivity index (χ3v) is 1.39. The molecule has 2 N–H and O–H groups in total. The molecule has 0 aliphatic carbocycles. The lowest BCUT2D eigenvalue weighted by Gasteiger charge is -2.03. The van der Waals surface area contributed by atoms with Gasteiger partial charge >= 0.3 is 5.97 Å². The van der Waals surface area contributed by atoms with E-state index in [1.807, 2.05) is 0 Å². The highest BCUT2D eigenvalue weighted by Gasteiger charge is 2.10. The molecule has 0 aliphatic rings. The molecule has 0 rings (SSSR count). The summed E-state index contributed by atoms with van der Waals surface area (Å²) in [6.07, 6.45) is 0.584. The highest BCUT2D eigenvalue weighted by molar-refractivity contribution is 9.08. The van der Waals surface area contributed by atoms with Crippen LogP contribution in [0.1, 0.15) is 13.3 Å². The Balaban J connectivity index is 3.52. The van der Waals surface area contributed by atoms with E-state index in [4.69, 9.17) is 5.11 Å². The van der Waals surface area contributed by atoms with E-state index in [-0.39, 0.29) is 0 Å². The Labute approximate surface area is 56.4 Å². The lowest BCUT2D eigenvalue weighted by molar-refractivity contribution is -0.138. The first kappa shape index (κ1) is 7.91. The molecule has 0 spiro atoms. The van der Waals surface area contributed by atoms with Crippen molar-refractivity contribution in [3.63, 3.8) is 0 Å². The fourth-order valence-corrected chi connectivity index (χ4v) is 0.818. The largest absolute Gasteiger partial charge is 0.480 e. The summed E-state index contributed by atoms with van der Waals surface area (Å²) in [5.74, 6) is -0.829. The Morgan fingerprint density at radius 1 is 2.00 bits per heavy atom. The molecule has 0 radical (unpaired) electrons. The highest BCUT2D eigenvalue weighted by atomic mass is 79.9. The van der Waals surface area contributed by atoms with Gasteiger partial charge in [0.15, 0.2) is 0 Å². The van der Waals surface area contributed by atoms with Crippen molar-refractivity contribution in [2.75, 3.05) is 0 Å². The molecule has 0 aliphatic heterocycles. The smallest absolute Gasteiger partial charge is 0.321 e. The summed E-state index contributed by atoms with van der Waals surface area (Å²) in [7, 11) is 0. The first-order chi connectivity index (χ1) is 3.72. The molecule has 4 heteroatoms. The van der Waals surface area contributed by atoms with Gasteiger partial charge in [-0.1, -0.05) is 6.92 Å². The predicted molar refractivity (Wildman–Crippen MR) is 33.8 cm³/mol. The maximum Gasteiger partial charge on any atom is 0.321 e. The molecule has 1 unspecified atom stereocenters. The zero-order valence-electron chi connectivity index (χ0n) is 4.52. The lowest BCUT2D eigenvalue weighted by Crippen LogP contribution is -2.28. The van der Waals surface area contributed by atoms with Gasteiger partial charge in [-0.3, -0.25) is 4.79 Å². The summed E-state index contributed by atoms with van der Waals surface area (Å²) in [5.41, 5.74) is 0. The zero-order chi connectivity index (χ0) is 6.57. The lowest BCUT2D eigenvalue weighted by atomic mass is 10.2. The number of halogens is 1. The summed E-state index contributed by atoms with van der Waals surface area (Å²) in [6.45, 7) is 1.80. The molecule has 0 amide bonds. The van der Waals surface area contributed by atoms with Gasteiger partial charge in [0.2, 0.25) is 0 Å². The number of carboxylic acid groups (broad SMARTS) is 1. The molecule has 0 saturated carbocycles. The first-order valence-corrected chi connectivity index (χ1v) is 3.10. The molecule has 0 bridgehead atoms. The zero-order valence-corrected chi connectivity index (χ0v) is 6.10. The maximum atomic E-state index is 10.1. The van der Waals surface area contributed by atoms with Crippen molar-refractivity contribution in [1.82, 2.24) is 4.34 Å². The number of rotatable bonds is 3. The van der Waals surface area contributed by atoms with E-state index in [0.29, 0.717) is 6.42 Å². The summed E-state index contributed by atoms with van der Waals surface area (Å²) in [6, 6.07) is -0.463. The minimum Gasteiger partial charge on any atom is -0.480 e. The predicted octanol–water partition coefficient (Wildman–Crippen LogP) is 0.749. The third kappa shape index (κ3) is 2.28. The summed E-state index contributed by atoms with van der Waals surface area (Å²) in [4.78, 5) is 10.1. The van der Waals surface area contributed by atoms with Gasteiger partial charge in [-0.05, 0) is 6.42 Å². The Kier molecular flexibility index (Phi) is 3.81. The number of hydrogen-bond donors (Lipinski definition) is 2. The third-order valence-electron chi connectivity index (χ3n) is 0.838. The average molecular weight is 182 g/mol. The van der Waals surface area contributed by atoms with E-state index >= 15 is 0 Å². The Morgan fingerprint density at radius 3 is 2.50 bits per heavy atom. The van der Waals surface area contributed by atoms with Crippen molar-refractivity contribution >= 4 is 22.1 Å². The van der Waals surface area contributed by atoms with Crippen LogP contribution in [0.4, 0.5) is 0 Å². The van der Waals surface area contributed by atoms with Gasteiger partial charge in [-0.2, -0.15) is 0 Å². The van der Waals surface area contributed by atoms with Crippen molar-refractivity contribution in [2.45, 2.75) is 19.4 Å². The first-order valence-electron chi connectivity index (χ1n) is 2.31. The van der Waals surface area contributed by atoms with E-state index in [1.165, 1.54) is 0 Å². The molecule has 0 fully saturated rings. The molecule has 48 valence electrons. The van der Waals surface area contributed by atoms with Gasteiger partial charge in [-0.15, -0.1) is 0 Å². The minimum atomic E-state index is -0.829. The van der Waals surface area contributed by atoms with Crippen LogP contribution in [0.15, 0.2) is 0 Å². The molecule has 0 aromatic rings. The molecule has 3 nitrogen and oxygen atoms in total. The Hall–Kier alpha value is -0.0900. The van der Waals surface area contributed by atoms with Crippen molar-refractivity contribution < 1.29 is 9.90 Å². The van der Waals surface area contributed by atoms with Crippen LogP contribution in [0.2, 0.25) is 0 Å². The van der Waals surface area contributed by atoms with Crippen molar-refractivity contribution in [3.05, 3.63) is 0 Å². The monoisotopic (exact) mass is 181 g/mol. The average Bonchev–Trinajstić information content (AvgIpc) is 1.69. The Bertz CT molecular complexity index is 82.1. The van der Waals surface area contributed by atoms with Gasteiger partial charge in [-0.25, -0.2) is 4.34 Å². The highest BCUT2D eigenvalue weighted by Crippen LogP contribution is 1.91. The van der Waals surface area contributed by atoms with Crippen LogP contribution in [0.25, 0.3) is 0 Å². The summed E-state index contributed by atoms with van der Waals surface area (Å²) in [5, 5.41) is 8.28. The molecular weight excluding hydrogens is 174 g/mol. The van der Waals surface area contributed by atoms with E-state index < -0.39 is 12.0 Å². The van der Waals surface area contributed by atoms with Crippen LogP contribution < -0.4 is 4.34 Å². The van der Waals surface area contributed by atoms with Gasteiger partial charge in [0.1, 0.15) is 6.04 Å². The molecule has 1 atom stereocenters. The second-order valence-electron chi connectivity index (χ2n) is 1.41. The molecular formula is C4H8BrNO2. The molecule has 0 heterocycles. The van der Waals surface area contributed by atoms with E-state index in [1.54, 1.807) is 6.92 Å². The van der Waals surface area contributed by atoms with E-state index in [2.05, 4.69) is 20.5 Å². The van der Waals surface area contributed by atoms with Gasteiger partial charge in [0.25, 0.3) is 0 Å². The molecule has 0 saturated heterocycles. The maximum absolute atomic E-state index is 10.1. The van der Waals surface area contributed by atoms with Gasteiger partial charge < -0.3 is 5.11 Å².